The van der Waals surface area contributed by atoms with Crippen LogP contribution >= 0.6 is 0 Å². The van der Waals surface area contributed by atoms with E-state index in [0.29, 0.717) is 11.5 Å². The van der Waals surface area contributed by atoms with Gasteiger partial charge >= 0.3 is 0 Å². The Balaban J connectivity index is 2.08. The van der Waals surface area contributed by atoms with E-state index in [1.54, 1.807) is 0 Å². The van der Waals surface area contributed by atoms with Crippen molar-refractivity contribution in [2.75, 3.05) is 6.61 Å². The Labute approximate surface area is 69.1 Å². The predicted molar refractivity (Wildman–Crippen MR) is 45.4 cm³/mol. The first-order valence-corrected chi connectivity index (χ1v) is 4.69. The lowest BCUT2D eigenvalue weighted by Gasteiger charge is -2.33. The van der Waals surface area contributed by atoms with E-state index in [1.807, 2.05) is 0 Å². The van der Waals surface area contributed by atoms with Gasteiger partial charge in [0.1, 0.15) is 0 Å². The minimum Gasteiger partial charge on any atom is -0.378 e. The molecule has 0 spiro atoms. The summed E-state index contributed by atoms with van der Waals surface area (Å²) in [6.45, 7) is 8.11. The second-order valence-corrected chi connectivity index (χ2v) is 5.16. The van der Waals surface area contributed by atoms with Gasteiger partial charge in [0.2, 0.25) is 0 Å². The van der Waals surface area contributed by atoms with Gasteiger partial charge in [0.15, 0.2) is 0 Å². The standard InChI is InChI=1S/C10H18O/c1-10(2,3)9-5-8-4-7(9)6-11-8/h7-9H,4-6H2,1-3H3/t7?,8?,9-/m1/s1. The fourth-order valence-electron chi connectivity index (χ4n) is 2.71. The molecule has 0 aromatic carbocycles. The van der Waals surface area contributed by atoms with Crippen LogP contribution in [0.1, 0.15) is 33.6 Å². The summed E-state index contributed by atoms with van der Waals surface area (Å²) in [5.41, 5.74) is 0.503. The highest BCUT2D eigenvalue weighted by Crippen LogP contribution is 2.48. The van der Waals surface area contributed by atoms with Crippen molar-refractivity contribution < 1.29 is 4.74 Å². The van der Waals surface area contributed by atoms with Crippen molar-refractivity contribution in [2.24, 2.45) is 17.3 Å². The Morgan fingerprint density at radius 2 is 1.91 bits per heavy atom. The molecule has 2 aliphatic rings. The topological polar surface area (TPSA) is 9.23 Å². The smallest absolute Gasteiger partial charge is 0.0581 e. The Morgan fingerprint density at radius 1 is 1.18 bits per heavy atom. The van der Waals surface area contributed by atoms with Crippen LogP contribution in [0.5, 0.6) is 0 Å². The third-order valence-corrected chi connectivity index (χ3v) is 3.31. The molecule has 0 aromatic heterocycles. The molecule has 2 unspecified atom stereocenters. The van der Waals surface area contributed by atoms with Crippen molar-refractivity contribution >= 4 is 0 Å². The molecule has 1 aliphatic heterocycles. The van der Waals surface area contributed by atoms with Gasteiger partial charge in [0, 0.05) is 0 Å². The zero-order chi connectivity index (χ0) is 8.06. The lowest BCUT2D eigenvalue weighted by Crippen LogP contribution is -2.29. The SMILES string of the molecule is CC(C)(C)[C@@H]1CC2CC1CO2. The van der Waals surface area contributed by atoms with Crippen molar-refractivity contribution in [2.45, 2.75) is 39.7 Å². The van der Waals surface area contributed by atoms with Gasteiger partial charge in [-0.05, 0) is 30.1 Å². The van der Waals surface area contributed by atoms with Gasteiger partial charge in [0.25, 0.3) is 0 Å². The van der Waals surface area contributed by atoms with Crippen LogP contribution in [0, 0.1) is 17.3 Å². The molecule has 1 heteroatoms. The van der Waals surface area contributed by atoms with Crippen molar-refractivity contribution in [1.29, 1.82) is 0 Å². The fraction of sp³-hybridized carbons (Fsp3) is 1.00. The fourth-order valence-corrected chi connectivity index (χ4v) is 2.71. The lowest BCUT2D eigenvalue weighted by atomic mass is 9.75. The average molecular weight is 154 g/mol. The summed E-state index contributed by atoms with van der Waals surface area (Å²) in [6.07, 6.45) is 3.26. The summed E-state index contributed by atoms with van der Waals surface area (Å²) in [5.74, 6) is 1.79. The summed E-state index contributed by atoms with van der Waals surface area (Å²) in [6, 6.07) is 0. The number of ether oxygens (including phenoxy) is 1. The largest absolute Gasteiger partial charge is 0.378 e. The molecular weight excluding hydrogens is 136 g/mol. The lowest BCUT2D eigenvalue weighted by molar-refractivity contribution is 0.0192. The normalized spacial score (nSPS) is 43.4. The van der Waals surface area contributed by atoms with E-state index in [-0.39, 0.29) is 0 Å². The molecule has 1 aliphatic carbocycles. The zero-order valence-corrected chi connectivity index (χ0v) is 7.76. The second kappa shape index (κ2) is 2.22. The molecule has 11 heavy (non-hydrogen) atoms. The van der Waals surface area contributed by atoms with Crippen molar-refractivity contribution in [3.8, 4) is 0 Å². The van der Waals surface area contributed by atoms with Gasteiger partial charge in [-0.15, -0.1) is 0 Å². The molecule has 64 valence electrons. The number of hydrogen-bond acceptors (Lipinski definition) is 1. The summed E-state index contributed by atoms with van der Waals surface area (Å²) >= 11 is 0. The van der Waals surface area contributed by atoms with E-state index in [1.165, 1.54) is 12.8 Å². The molecule has 0 aromatic rings. The van der Waals surface area contributed by atoms with Gasteiger partial charge in [0.05, 0.1) is 12.7 Å². The van der Waals surface area contributed by atoms with Crippen LogP contribution in [-0.4, -0.2) is 12.7 Å². The third kappa shape index (κ3) is 1.20. The molecule has 3 atom stereocenters. The monoisotopic (exact) mass is 154 g/mol. The zero-order valence-electron chi connectivity index (χ0n) is 7.76. The van der Waals surface area contributed by atoms with E-state index in [4.69, 9.17) is 4.74 Å². The first-order valence-electron chi connectivity index (χ1n) is 4.69. The van der Waals surface area contributed by atoms with Crippen molar-refractivity contribution in [3.63, 3.8) is 0 Å². The molecule has 1 heterocycles. The molecule has 1 saturated carbocycles. The van der Waals surface area contributed by atoms with Gasteiger partial charge in [-0.2, -0.15) is 0 Å². The second-order valence-electron chi connectivity index (χ2n) is 5.16. The van der Waals surface area contributed by atoms with Crippen LogP contribution in [0.2, 0.25) is 0 Å². The molecule has 2 fully saturated rings. The van der Waals surface area contributed by atoms with E-state index in [2.05, 4.69) is 20.8 Å². The highest BCUT2D eigenvalue weighted by atomic mass is 16.5. The van der Waals surface area contributed by atoms with Crippen molar-refractivity contribution in [1.82, 2.24) is 0 Å². The highest BCUT2D eigenvalue weighted by Gasteiger charge is 2.45. The molecule has 2 rings (SSSR count). The Morgan fingerprint density at radius 3 is 2.18 bits per heavy atom. The van der Waals surface area contributed by atoms with Crippen LogP contribution in [0.3, 0.4) is 0 Å². The van der Waals surface area contributed by atoms with Crippen LogP contribution in [0.25, 0.3) is 0 Å². The number of rotatable bonds is 0. The Bertz CT molecular complexity index is 157. The Kier molecular flexibility index (Phi) is 1.54. The molecule has 2 bridgehead atoms. The van der Waals surface area contributed by atoms with Crippen LogP contribution < -0.4 is 0 Å². The first kappa shape index (κ1) is 7.60. The van der Waals surface area contributed by atoms with Crippen LogP contribution in [0.15, 0.2) is 0 Å². The Hall–Kier alpha value is -0.0400. The molecule has 1 saturated heterocycles. The van der Waals surface area contributed by atoms with Gasteiger partial charge in [-0.25, -0.2) is 0 Å². The average Bonchev–Trinajstić information content (AvgIpc) is 2.42. The van der Waals surface area contributed by atoms with Gasteiger partial charge in [-0.1, -0.05) is 20.8 Å². The maximum Gasteiger partial charge on any atom is 0.0581 e. The summed E-state index contributed by atoms with van der Waals surface area (Å²) < 4.78 is 5.58. The van der Waals surface area contributed by atoms with Gasteiger partial charge < -0.3 is 4.74 Å². The van der Waals surface area contributed by atoms with Crippen LogP contribution in [0.4, 0.5) is 0 Å². The van der Waals surface area contributed by atoms with Gasteiger partial charge in [-0.3, -0.25) is 0 Å². The minimum absolute atomic E-state index is 0.503. The number of fused-ring (bicyclic) bond motifs is 2. The molecular formula is C10H18O. The maximum absolute atomic E-state index is 5.58. The summed E-state index contributed by atoms with van der Waals surface area (Å²) in [4.78, 5) is 0. The minimum atomic E-state index is 0.503. The quantitative estimate of drug-likeness (QED) is 0.521. The van der Waals surface area contributed by atoms with E-state index < -0.39 is 0 Å². The predicted octanol–water partition coefficient (Wildman–Crippen LogP) is 2.46. The van der Waals surface area contributed by atoms with Crippen LogP contribution in [-0.2, 0) is 4.74 Å². The highest BCUT2D eigenvalue weighted by molar-refractivity contribution is 4.94. The van der Waals surface area contributed by atoms with E-state index >= 15 is 0 Å². The summed E-state index contributed by atoms with van der Waals surface area (Å²) in [7, 11) is 0. The van der Waals surface area contributed by atoms with E-state index in [0.717, 1.165) is 18.4 Å². The molecule has 0 amide bonds. The van der Waals surface area contributed by atoms with Crippen molar-refractivity contribution in [3.05, 3.63) is 0 Å². The molecule has 0 N–H and O–H groups in total. The number of hydrogen-bond donors (Lipinski definition) is 0. The van der Waals surface area contributed by atoms with E-state index in [9.17, 15) is 0 Å². The third-order valence-electron chi connectivity index (χ3n) is 3.31. The molecule has 1 nitrogen and oxygen atoms in total. The molecule has 0 radical (unpaired) electrons. The first-order chi connectivity index (χ1) is 5.07. The maximum atomic E-state index is 5.58. The summed E-state index contributed by atoms with van der Waals surface area (Å²) in [5, 5.41) is 0.